The van der Waals surface area contributed by atoms with Crippen molar-refractivity contribution < 1.29 is 18.4 Å². The minimum absolute atomic E-state index is 0.0627. The molecule has 30 heavy (non-hydrogen) atoms. The Kier molecular flexibility index (Phi) is 4.89. The van der Waals surface area contributed by atoms with Crippen LogP contribution in [0.25, 0.3) is 21.9 Å². The minimum atomic E-state index is -0.353. The monoisotopic (exact) mass is 409 g/mol. The predicted octanol–water partition coefficient (Wildman–Crippen LogP) is 3.83. The molecule has 1 amide bonds. The summed E-state index contributed by atoms with van der Waals surface area (Å²) >= 11 is 0. The molecular formula is C24H27NO5. The highest BCUT2D eigenvalue weighted by Gasteiger charge is 2.23. The zero-order chi connectivity index (χ0) is 20.8. The maximum absolute atomic E-state index is 12.8. The predicted molar refractivity (Wildman–Crippen MR) is 114 cm³/mol. The number of amides is 1. The molecule has 0 radical (unpaired) electrons. The smallest absolute Gasteiger partial charge is 0.339 e. The number of aryl methyl sites for hydroxylation is 4. The second-order valence-corrected chi connectivity index (χ2v) is 8.45. The van der Waals surface area contributed by atoms with Crippen LogP contribution in [0.15, 0.2) is 19.7 Å². The summed E-state index contributed by atoms with van der Waals surface area (Å²) < 4.78 is 17.2. The third kappa shape index (κ3) is 3.14. The lowest BCUT2D eigenvalue weighted by Crippen LogP contribution is -2.40. The largest absolute Gasteiger partial charge is 0.460 e. The molecule has 6 heteroatoms. The van der Waals surface area contributed by atoms with Crippen LogP contribution >= 0.6 is 0 Å². The van der Waals surface area contributed by atoms with Gasteiger partial charge in [-0.3, -0.25) is 4.79 Å². The summed E-state index contributed by atoms with van der Waals surface area (Å²) in [7, 11) is 0. The zero-order valence-electron chi connectivity index (χ0n) is 17.6. The van der Waals surface area contributed by atoms with Gasteiger partial charge in [0.25, 0.3) is 0 Å². The number of ether oxygens (including phenoxy) is 1. The Hall–Kier alpha value is -2.60. The summed E-state index contributed by atoms with van der Waals surface area (Å²) in [6.45, 7) is 6.31. The first kappa shape index (κ1) is 19.4. The number of morpholine rings is 1. The Balaban J connectivity index is 1.54. The molecule has 0 N–H and O–H groups in total. The second-order valence-electron chi connectivity index (χ2n) is 8.45. The molecule has 1 fully saturated rings. The average molecular weight is 409 g/mol. The van der Waals surface area contributed by atoms with Gasteiger partial charge in [0.2, 0.25) is 5.91 Å². The number of fused-ring (bicyclic) bond motifs is 4. The summed E-state index contributed by atoms with van der Waals surface area (Å²) in [6.07, 6.45) is 5.03. The van der Waals surface area contributed by atoms with Gasteiger partial charge in [-0.1, -0.05) is 0 Å². The number of hydrogen-bond acceptors (Lipinski definition) is 5. The number of furan rings is 1. The third-order valence-electron chi connectivity index (χ3n) is 6.68. The maximum atomic E-state index is 12.8. The van der Waals surface area contributed by atoms with E-state index in [0.717, 1.165) is 52.5 Å². The third-order valence-corrected chi connectivity index (χ3v) is 6.68. The summed E-state index contributed by atoms with van der Waals surface area (Å²) in [4.78, 5) is 27.1. The molecule has 2 aliphatic rings. The van der Waals surface area contributed by atoms with E-state index in [1.807, 2.05) is 18.7 Å². The summed E-state index contributed by atoms with van der Waals surface area (Å²) in [5.74, 6) is 1.14. The molecule has 2 aromatic heterocycles. The molecule has 1 aromatic carbocycles. The molecule has 3 aromatic rings. The fourth-order valence-electron chi connectivity index (χ4n) is 4.91. The van der Waals surface area contributed by atoms with Gasteiger partial charge in [0, 0.05) is 53.4 Å². The molecule has 0 unspecified atom stereocenters. The summed E-state index contributed by atoms with van der Waals surface area (Å²) in [6, 6.07) is 2.12. The highest BCUT2D eigenvalue weighted by atomic mass is 16.5. The molecule has 6 nitrogen and oxygen atoms in total. The Morgan fingerprint density at radius 2 is 1.73 bits per heavy atom. The van der Waals surface area contributed by atoms with Gasteiger partial charge in [-0.15, -0.1) is 0 Å². The summed E-state index contributed by atoms with van der Waals surface area (Å²) in [5, 5.41) is 2.09. The van der Waals surface area contributed by atoms with E-state index in [1.54, 1.807) is 0 Å². The first-order valence-corrected chi connectivity index (χ1v) is 10.9. The van der Waals surface area contributed by atoms with Crippen LogP contribution in [0.4, 0.5) is 0 Å². The lowest BCUT2D eigenvalue weighted by Gasteiger charge is -2.26. The van der Waals surface area contributed by atoms with Crippen molar-refractivity contribution in [3.8, 4) is 0 Å². The molecule has 1 aliphatic carbocycles. The fourth-order valence-corrected chi connectivity index (χ4v) is 4.91. The van der Waals surface area contributed by atoms with E-state index in [4.69, 9.17) is 13.6 Å². The number of carbonyl (C=O) groups excluding carboxylic acids is 1. The molecule has 5 rings (SSSR count). The standard InChI is InChI=1S/C24H27NO5/c1-14-16(7-8-21(26)25-9-11-28-12-10-25)24(27)30-22-15(2)23-19(13-18(14)22)17-5-3-4-6-20(17)29-23/h13H,3-12H2,1-2H3. The van der Waals surface area contributed by atoms with E-state index in [2.05, 4.69) is 6.07 Å². The number of benzene rings is 1. The number of nitrogens with zero attached hydrogens (tertiary/aromatic N) is 1. The molecule has 3 heterocycles. The number of carbonyl (C=O) groups is 1. The van der Waals surface area contributed by atoms with Crippen molar-refractivity contribution in [1.82, 2.24) is 4.90 Å². The molecule has 0 bridgehead atoms. The highest BCUT2D eigenvalue weighted by Crippen LogP contribution is 2.37. The van der Waals surface area contributed by atoms with Crippen LogP contribution in [0.5, 0.6) is 0 Å². The molecule has 1 saturated heterocycles. The number of hydrogen-bond donors (Lipinski definition) is 0. The molecule has 0 atom stereocenters. The van der Waals surface area contributed by atoms with E-state index >= 15 is 0 Å². The van der Waals surface area contributed by atoms with Crippen molar-refractivity contribution in [1.29, 1.82) is 0 Å². The van der Waals surface area contributed by atoms with Gasteiger partial charge in [-0.05, 0) is 51.2 Å². The van der Waals surface area contributed by atoms with Crippen LogP contribution in [-0.4, -0.2) is 37.1 Å². The van der Waals surface area contributed by atoms with Gasteiger partial charge in [-0.2, -0.15) is 0 Å². The van der Waals surface area contributed by atoms with Crippen LogP contribution in [-0.2, 0) is 28.8 Å². The van der Waals surface area contributed by atoms with Gasteiger partial charge in [0.15, 0.2) is 0 Å². The zero-order valence-corrected chi connectivity index (χ0v) is 17.6. The Labute approximate surface area is 174 Å². The van der Waals surface area contributed by atoms with E-state index in [0.29, 0.717) is 50.3 Å². The van der Waals surface area contributed by atoms with Crippen molar-refractivity contribution in [2.75, 3.05) is 26.3 Å². The Morgan fingerprint density at radius 3 is 2.53 bits per heavy atom. The van der Waals surface area contributed by atoms with Gasteiger partial charge in [0.05, 0.1) is 13.2 Å². The van der Waals surface area contributed by atoms with Gasteiger partial charge >= 0.3 is 5.63 Å². The topological polar surface area (TPSA) is 72.9 Å². The normalized spacial score (nSPS) is 16.9. The first-order chi connectivity index (χ1) is 14.5. The van der Waals surface area contributed by atoms with Crippen molar-refractivity contribution in [3.63, 3.8) is 0 Å². The van der Waals surface area contributed by atoms with Gasteiger partial charge in [-0.25, -0.2) is 4.79 Å². The lowest BCUT2D eigenvalue weighted by molar-refractivity contribution is -0.135. The molecule has 0 saturated carbocycles. The Bertz CT molecular complexity index is 1200. The summed E-state index contributed by atoms with van der Waals surface area (Å²) in [5.41, 5.74) is 4.77. The molecule has 0 spiro atoms. The average Bonchev–Trinajstić information content (AvgIpc) is 3.14. The van der Waals surface area contributed by atoms with Crippen molar-refractivity contribution >= 4 is 27.8 Å². The second kappa shape index (κ2) is 7.58. The SMILES string of the molecule is Cc1c(CCC(=O)N2CCOCC2)c(=O)oc2c(C)c3oc4c(c3cc12)CCCC4. The Morgan fingerprint density at radius 1 is 1.00 bits per heavy atom. The fraction of sp³-hybridized carbons (Fsp3) is 0.500. The minimum Gasteiger partial charge on any atom is -0.460 e. The quantitative estimate of drug-likeness (QED) is 0.615. The van der Waals surface area contributed by atoms with Crippen LogP contribution < -0.4 is 5.63 Å². The van der Waals surface area contributed by atoms with E-state index in [1.165, 1.54) is 12.0 Å². The lowest BCUT2D eigenvalue weighted by atomic mass is 9.93. The molecule has 1 aliphatic heterocycles. The van der Waals surface area contributed by atoms with Crippen molar-refractivity contribution in [3.05, 3.63) is 44.5 Å². The van der Waals surface area contributed by atoms with Crippen molar-refractivity contribution in [2.24, 2.45) is 0 Å². The number of rotatable bonds is 3. The van der Waals surface area contributed by atoms with E-state index in [-0.39, 0.29) is 11.5 Å². The van der Waals surface area contributed by atoms with Crippen LogP contribution in [0.1, 0.15) is 47.3 Å². The van der Waals surface area contributed by atoms with Crippen LogP contribution in [0, 0.1) is 13.8 Å². The van der Waals surface area contributed by atoms with Crippen LogP contribution in [0.2, 0.25) is 0 Å². The highest BCUT2D eigenvalue weighted by molar-refractivity contribution is 6.00. The van der Waals surface area contributed by atoms with Crippen LogP contribution in [0.3, 0.4) is 0 Å². The van der Waals surface area contributed by atoms with E-state index in [9.17, 15) is 9.59 Å². The first-order valence-electron chi connectivity index (χ1n) is 10.9. The van der Waals surface area contributed by atoms with Gasteiger partial charge in [0.1, 0.15) is 16.9 Å². The van der Waals surface area contributed by atoms with Crippen molar-refractivity contribution in [2.45, 2.75) is 52.4 Å². The molecule has 158 valence electrons. The van der Waals surface area contributed by atoms with Gasteiger partial charge < -0.3 is 18.5 Å². The molecular weight excluding hydrogens is 382 g/mol. The van der Waals surface area contributed by atoms with E-state index < -0.39 is 0 Å². The maximum Gasteiger partial charge on any atom is 0.339 e.